The summed E-state index contributed by atoms with van der Waals surface area (Å²) in [5.74, 6) is 1.27. The second kappa shape index (κ2) is 6.02. The quantitative estimate of drug-likeness (QED) is 0.751. The van der Waals surface area contributed by atoms with E-state index in [9.17, 15) is 0 Å². The zero-order valence-corrected chi connectivity index (χ0v) is 13.7. The van der Waals surface area contributed by atoms with Crippen molar-refractivity contribution in [2.75, 3.05) is 22.5 Å². The molecule has 3 aromatic rings. The topological polar surface area (TPSA) is 67.1 Å². The van der Waals surface area contributed by atoms with Crippen LogP contribution in [0.5, 0.6) is 0 Å². The molecule has 2 aromatic carbocycles. The molecule has 120 valence electrons. The average Bonchev–Trinajstić information content (AvgIpc) is 3.03. The lowest BCUT2D eigenvalue weighted by Gasteiger charge is -2.21. The third kappa shape index (κ3) is 2.53. The van der Waals surface area contributed by atoms with E-state index in [1.54, 1.807) is 0 Å². The standard InChI is InChI=1S/C18H16ClN5/c19-13-6-2-3-7-14(13)23-17-16(20)18(22-11-21-17)24-10-9-12-5-1-4-8-15(12)24/h1-8,11H,9-10,20H2,(H,21,22,23). The number of hydrogen-bond donors (Lipinski definition) is 2. The Kier molecular flexibility index (Phi) is 3.70. The van der Waals surface area contributed by atoms with Gasteiger partial charge in [-0.2, -0.15) is 0 Å². The summed E-state index contributed by atoms with van der Waals surface area (Å²) in [4.78, 5) is 10.8. The van der Waals surface area contributed by atoms with Crippen molar-refractivity contribution in [3.8, 4) is 0 Å². The van der Waals surface area contributed by atoms with Crippen LogP contribution >= 0.6 is 11.6 Å². The van der Waals surface area contributed by atoms with E-state index in [4.69, 9.17) is 17.3 Å². The van der Waals surface area contributed by atoms with Crippen LogP contribution < -0.4 is 16.0 Å². The Labute approximate surface area is 145 Å². The van der Waals surface area contributed by atoms with E-state index in [-0.39, 0.29) is 0 Å². The van der Waals surface area contributed by atoms with Crippen molar-refractivity contribution in [3.05, 3.63) is 65.4 Å². The van der Waals surface area contributed by atoms with Crippen molar-refractivity contribution in [3.63, 3.8) is 0 Å². The molecule has 0 spiro atoms. The van der Waals surface area contributed by atoms with Crippen molar-refractivity contribution < 1.29 is 0 Å². The second-order valence-electron chi connectivity index (χ2n) is 5.59. The molecule has 6 heteroatoms. The molecule has 0 radical (unpaired) electrons. The summed E-state index contributed by atoms with van der Waals surface area (Å²) in [6.45, 7) is 0.853. The molecule has 1 aliphatic heterocycles. The van der Waals surface area contributed by atoms with Crippen LogP contribution in [-0.4, -0.2) is 16.5 Å². The molecule has 0 amide bonds. The average molecular weight is 338 g/mol. The Balaban J connectivity index is 1.71. The number of nitrogens with one attached hydrogen (secondary N) is 1. The summed E-state index contributed by atoms with van der Waals surface area (Å²) < 4.78 is 0. The van der Waals surface area contributed by atoms with Gasteiger partial charge in [0.15, 0.2) is 11.6 Å². The third-order valence-electron chi connectivity index (χ3n) is 4.13. The van der Waals surface area contributed by atoms with Gasteiger partial charge in [0.05, 0.1) is 10.7 Å². The SMILES string of the molecule is Nc1c(Nc2ccccc2Cl)ncnc1N1CCc2ccccc21. The largest absolute Gasteiger partial charge is 0.393 e. The summed E-state index contributed by atoms with van der Waals surface area (Å²) in [6.07, 6.45) is 2.50. The molecule has 0 fully saturated rings. The molecule has 24 heavy (non-hydrogen) atoms. The van der Waals surface area contributed by atoms with Gasteiger partial charge in [-0.1, -0.05) is 41.9 Å². The highest BCUT2D eigenvalue weighted by Crippen LogP contribution is 2.38. The van der Waals surface area contributed by atoms with Crippen LogP contribution in [0, 0.1) is 0 Å². The summed E-state index contributed by atoms with van der Waals surface area (Å²) >= 11 is 6.20. The molecule has 4 rings (SSSR count). The van der Waals surface area contributed by atoms with Gasteiger partial charge in [0.1, 0.15) is 12.0 Å². The Hall–Kier alpha value is -2.79. The fraction of sp³-hybridized carbons (Fsp3) is 0.111. The maximum atomic E-state index is 6.35. The van der Waals surface area contributed by atoms with Crippen LogP contribution in [0.4, 0.5) is 28.7 Å². The summed E-state index contributed by atoms with van der Waals surface area (Å²) in [5, 5.41) is 3.81. The van der Waals surface area contributed by atoms with Crippen molar-refractivity contribution in [1.82, 2.24) is 9.97 Å². The van der Waals surface area contributed by atoms with Crippen LogP contribution in [-0.2, 0) is 6.42 Å². The number of nitrogens with two attached hydrogens (primary N) is 1. The normalized spacial score (nSPS) is 13.0. The van der Waals surface area contributed by atoms with E-state index >= 15 is 0 Å². The van der Waals surface area contributed by atoms with Crippen molar-refractivity contribution in [1.29, 1.82) is 0 Å². The van der Waals surface area contributed by atoms with E-state index in [0.29, 0.717) is 22.3 Å². The van der Waals surface area contributed by atoms with Gasteiger partial charge in [0, 0.05) is 12.2 Å². The number of nitrogens with zero attached hydrogens (tertiary/aromatic N) is 3. The molecule has 0 atom stereocenters. The van der Waals surface area contributed by atoms with E-state index < -0.39 is 0 Å². The lowest BCUT2D eigenvalue weighted by Crippen LogP contribution is -2.17. The lowest BCUT2D eigenvalue weighted by molar-refractivity contribution is 0.967. The monoisotopic (exact) mass is 337 g/mol. The van der Waals surface area contributed by atoms with Crippen LogP contribution in [0.25, 0.3) is 0 Å². The van der Waals surface area contributed by atoms with Crippen LogP contribution in [0.1, 0.15) is 5.56 Å². The number of para-hydroxylation sites is 2. The first-order valence-electron chi connectivity index (χ1n) is 7.71. The minimum absolute atomic E-state index is 0.508. The highest BCUT2D eigenvalue weighted by Gasteiger charge is 2.24. The first-order valence-corrected chi connectivity index (χ1v) is 8.09. The number of fused-ring (bicyclic) bond motifs is 1. The number of halogens is 1. The van der Waals surface area contributed by atoms with Crippen LogP contribution in [0.2, 0.25) is 5.02 Å². The maximum absolute atomic E-state index is 6.35. The molecule has 0 bridgehead atoms. The number of aromatic nitrogens is 2. The first kappa shape index (κ1) is 14.8. The first-order chi connectivity index (χ1) is 11.7. The molecule has 5 nitrogen and oxygen atoms in total. The molecule has 0 saturated carbocycles. The van der Waals surface area contributed by atoms with Gasteiger partial charge in [0.25, 0.3) is 0 Å². The zero-order valence-electron chi connectivity index (χ0n) is 12.9. The second-order valence-corrected chi connectivity index (χ2v) is 6.00. The molecule has 3 N–H and O–H groups in total. The predicted octanol–water partition coefficient (Wildman–Crippen LogP) is 4.15. The highest BCUT2D eigenvalue weighted by atomic mass is 35.5. The molecule has 0 unspecified atom stereocenters. The van der Waals surface area contributed by atoms with E-state index in [2.05, 4.69) is 38.4 Å². The van der Waals surface area contributed by atoms with Gasteiger partial charge < -0.3 is 16.0 Å². The minimum atomic E-state index is 0.508. The van der Waals surface area contributed by atoms with Gasteiger partial charge in [-0.05, 0) is 30.2 Å². The van der Waals surface area contributed by atoms with Gasteiger partial charge in [-0.25, -0.2) is 9.97 Å². The Bertz CT molecular complexity index is 896. The van der Waals surface area contributed by atoms with Crippen molar-refractivity contribution in [2.24, 2.45) is 0 Å². The van der Waals surface area contributed by atoms with Gasteiger partial charge >= 0.3 is 0 Å². The third-order valence-corrected chi connectivity index (χ3v) is 4.46. The molecule has 1 aliphatic rings. The fourth-order valence-electron chi connectivity index (χ4n) is 2.95. The molecule has 0 saturated heterocycles. The number of rotatable bonds is 3. The fourth-order valence-corrected chi connectivity index (χ4v) is 3.13. The number of nitrogen functional groups attached to an aromatic ring is 1. The molecular formula is C18H16ClN5. The Morgan fingerprint density at radius 2 is 1.83 bits per heavy atom. The summed E-state index contributed by atoms with van der Waals surface area (Å²) in [7, 11) is 0. The van der Waals surface area contributed by atoms with E-state index in [1.807, 2.05) is 30.3 Å². The summed E-state index contributed by atoms with van der Waals surface area (Å²) in [5.41, 5.74) is 10.1. The van der Waals surface area contributed by atoms with Crippen LogP contribution in [0.3, 0.4) is 0 Å². The number of anilines is 5. The molecule has 2 heterocycles. The lowest BCUT2D eigenvalue weighted by atomic mass is 10.2. The number of benzene rings is 2. The number of hydrogen-bond acceptors (Lipinski definition) is 5. The van der Waals surface area contributed by atoms with Crippen molar-refractivity contribution >= 4 is 40.3 Å². The molecule has 1 aromatic heterocycles. The molecule has 0 aliphatic carbocycles. The van der Waals surface area contributed by atoms with Gasteiger partial charge in [0.2, 0.25) is 0 Å². The van der Waals surface area contributed by atoms with Gasteiger partial charge in [-0.3, -0.25) is 0 Å². The highest BCUT2D eigenvalue weighted by molar-refractivity contribution is 6.33. The smallest absolute Gasteiger partial charge is 0.161 e. The Morgan fingerprint density at radius 1 is 1.04 bits per heavy atom. The zero-order chi connectivity index (χ0) is 16.5. The predicted molar refractivity (Wildman–Crippen MR) is 98.3 cm³/mol. The van der Waals surface area contributed by atoms with Crippen molar-refractivity contribution in [2.45, 2.75) is 6.42 Å². The Morgan fingerprint density at radius 3 is 2.71 bits per heavy atom. The van der Waals surface area contributed by atoms with Gasteiger partial charge in [-0.15, -0.1) is 0 Å². The van der Waals surface area contributed by atoms with E-state index in [1.165, 1.54) is 11.9 Å². The summed E-state index contributed by atoms with van der Waals surface area (Å²) in [6, 6.07) is 15.8. The molecular weight excluding hydrogens is 322 g/mol. The minimum Gasteiger partial charge on any atom is -0.393 e. The van der Waals surface area contributed by atoms with E-state index in [0.717, 1.165) is 24.3 Å². The maximum Gasteiger partial charge on any atom is 0.161 e. The van der Waals surface area contributed by atoms with Crippen LogP contribution in [0.15, 0.2) is 54.9 Å².